The maximum Gasteiger partial charge on any atom is 0.261 e. The number of halogens is 1. The summed E-state index contributed by atoms with van der Waals surface area (Å²) in [5.41, 5.74) is 2.16. The third kappa shape index (κ3) is 8.02. The average molecular weight is 489 g/mol. The van der Waals surface area contributed by atoms with Gasteiger partial charge in [0.2, 0.25) is 5.91 Å². The number of rotatable bonds is 11. The fourth-order valence-electron chi connectivity index (χ4n) is 3.25. The molecule has 0 aromatic heterocycles. The highest BCUT2D eigenvalue weighted by molar-refractivity contribution is 9.10. The Bertz CT molecular complexity index is 855. The molecule has 2 aromatic carbocycles. The molecule has 2 rings (SSSR count). The van der Waals surface area contributed by atoms with E-state index in [4.69, 9.17) is 4.74 Å². The van der Waals surface area contributed by atoms with Crippen molar-refractivity contribution >= 4 is 27.7 Å². The van der Waals surface area contributed by atoms with Crippen LogP contribution in [-0.4, -0.2) is 42.5 Å². The number of amides is 2. The molecule has 1 atom stereocenters. The molecule has 0 heterocycles. The molecule has 0 radical (unpaired) electrons. The van der Waals surface area contributed by atoms with Gasteiger partial charge in [0.05, 0.1) is 0 Å². The van der Waals surface area contributed by atoms with E-state index in [1.54, 1.807) is 4.90 Å². The smallest absolute Gasteiger partial charge is 0.261 e. The Morgan fingerprint density at radius 3 is 2.45 bits per heavy atom. The van der Waals surface area contributed by atoms with Crippen LogP contribution in [0.25, 0.3) is 0 Å². The second-order valence-electron chi connectivity index (χ2n) is 8.09. The van der Waals surface area contributed by atoms with Crippen LogP contribution in [0.4, 0.5) is 0 Å². The molecule has 0 fully saturated rings. The summed E-state index contributed by atoms with van der Waals surface area (Å²) >= 11 is 3.47. The monoisotopic (exact) mass is 488 g/mol. The Morgan fingerprint density at radius 2 is 1.84 bits per heavy atom. The molecule has 0 aliphatic heterocycles. The second-order valence-corrected chi connectivity index (χ2v) is 8.94. The largest absolute Gasteiger partial charge is 0.484 e. The highest BCUT2D eigenvalue weighted by Gasteiger charge is 2.28. The van der Waals surface area contributed by atoms with Gasteiger partial charge in [-0.15, -0.1) is 0 Å². The van der Waals surface area contributed by atoms with Gasteiger partial charge in [0.1, 0.15) is 11.8 Å². The summed E-state index contributed by atoms with van der Waals surface area (Å²) in [5.74, 6) is 0.674. The van der Waals surface area contributed by atoms with Gasteiger partial charge in [0.15, 0.2) is 6.61 Å². The number of nitrogens with one attached hydrogen (secondary N) is 1. The quantitative estimate of drug-likeness (QED) is 0.495. The molecule has 2 amide bonds. The van der Waals surface area contributed by atoms with E-state index in [9.17, 15) is 9.59 Å². The minimum atomic E-state index is -0.523. The van der Waals surface area contributed by atoms with E-state index in [0.717, 1.165) is 15.6 Å². The second kappa shape index (κ2) is 12.5. The maximum absolute atomic E-state index is 13.1. The van der Waals surface area contributed by atoms with Crippen LogP contribution in [0.2, 0.25) is 0 Å². The van der Waals surface area contributed by atoms with Crippen molar-refractivity contribution < 1.29 is 14.3 Å². The SMILES string of the molecule is CC[C@H](C(=O)NCC(C)C)N(CCc1ccccc1)C(=O)COc1ccc(Br)c(C)c1. The molecule has 0 saturated heterocycles. The molecule has 0 spiro atoms. The van der Waals surface area contributed by atoms with Gasteiger partial charge >= 0.3 is 0 Å². The zero-order chi connectivity index (χ0) is 22.8. The molecule has 0 saturated carbocycles. The highest BCUT2D eigenvalue weighted by Crippen LogP contribution is 2.21. The standard InChI is InChI=1S/C25H33BrN2O3/c1-5-23(25(30)27-16-18(2)3)28(14-13-20-9-7-6-8-10-20)24(29)17-31-21-11-12-22(26)19(4)15-21/h6-12,15,18,23H,5,13-14,16-17H2,1-4H3,(H,27,30)/t23-/m1/s1. The predicted molar refractivity (Wildman–Crippen MR) is 128 cm³/mol. The number of nitrogens with zero attached hydrogens (tertiary/aromatic N) is 1. The Labute approximate surface area is 194 Å². The van der Waals surface area contributed by atoms with Crippen LogP contribution in [0.15, 0.2) is 53.0 Å². The molecule has 0 aliphatic rings. The fourth-order valence-corrected chi connectivity index (χ4v) is 3.50. The van der Waals surface area contributed by atoms with Crippen molar-refractivity contribution in [2.45, 2.75) is 46.6 Å². The predicted octanol–water partition coefficient (Wildman–Crippen LogP) is 4.76. The average Bonchev–Trinajstić information content (AvgIpc) is 2.76. The van der Waals surface area contributed by atoms with Gasteiger partial charge in [0, 0.05) is 17.6 Å². The molecule has 6 heteroatoms. The van der Waals surface area contributed by atoms with E-state index in [0.29, 0.717) is 37.6 Å². The zero-order valence-electron chi connectivity index (χ0n) is 18.9. The van der Waals surface area contributed by atoms with Crippen molar-refractivity contribution in [2.24, 2.45) is 5.92 Å². The molecule has 1 N–H and O–H groups in total. The number of benzene rings is 2. The first-order chi connectivity index (χ1) is 14.8. The van der Waals surface area contributed by atoms with E-state index >= 15 is 0 Å². The topological polar surface area (TPSA) is 58.6 Å². The summed E-state index contributed by atoms with van der Waals surface area (Å²) in [6.45, 7) is 8.94. The molecular formula is C25H33BrN2O3. The highest BCUT2D eigenvalue weighted by atomic mass is 79.9. The first kappa shape index (κ1) is 24.9. The van der Waals surface area contributed by atoms with Gasteiger partial charge in [0.25, 0.3) is 5.91 Å². The van der Waals surface area contributed by atoms with Gasteiger partial charge in [-0.25, -0.2) is 0 Å². The molecule has 0 aliphatic carbocycles. The van der Waals surface area contributed by atoms with Gasteiger partial charge in [-0.05, 0) is 55.0 Å². The number of hydrogen-bond acceptors (Lipinski definition) is 3. The lowest BCUT2D eigenvalue weighted by Gasteiger charge is -2.30. The third-order valence-electron chi connectivity index (χ3n) is 5.05. The van der Waals surface area contributed by atoms with Crippen molar-refractivity contribution in [1.82, 2.24) is 10.2 Å². The molecule has 168 valence electrons. The van der Waals surface area contributed by atoms with E-state index in [1.807, 2.05) is 76.2 Å². The van der Waals surface area contributed by atoms with Gasteiger partial charge in [-0.3, -0.25) is 9.59 Å². The van der Waals surface area contributed by atoms with Crippen LogP contribution in [-0.2, 0) is 16.0 Å². The number of aryl methyl sites for hydroxylation is 1. The van der Waals surface area contributed by atoms with E-state index < -0.39 is 6.04 Å². The van der Waals surface area contributed by atoms with Crippen LogP contribution < -0.4 is 10.1 Å². The van der Waals surface area contributed by atoms with Crippen molar-refractivity contribution in [2.75, 3.05) is 19.7 Å². The Morgan fingerprint density at radius 1 is 1.13 bits per heavy atom. The summed E-state index contributed by atoms with van der Waals surface area (Å²) in [5, 5.41) is 2.98. The van der Waals surface area contributed by atoms with Crippen molar-refractivity contribution in [1.29, 1.82) is 0 Å². The van der Waals surface area contributed by atoms with E-state index in [2.05, 4.69) is 21.2 Å². The molecular weight excluding hydrogens is 456 g/mol. The van der Waals surface area contributed by atoms with Gasteiger partial charge in [-0.1, -0.05) is 67.0 Å². The van der Waals surface area contributed by atoms with Crippen LogP contribution in [0, 0.1) is 12.8 Å². The van der Waals surface area contributed by atoms with Gasteiger partial charge < -0.3 is 15.0 Å². The summed E-state index contributed by atoms with van der Waals surface area (Å²) in [6, 6.07) is 15.1. The molecule has 0 unspecified atom stereocenters. The van der Waals surface area contributed by atoms with Crippen molar-refractivity contribution in [3.63, 3.8) is 0 Å². The van der Waals surface area contributed by atoms with Crippen molar-refractivity contribution in [3.8, 4) is 5.75 Å². The summed E-state index contributed by atoms with van der Waals surface area (Å²) in [6.07, 6.45) is 1.22. The summed E-state index contributed by atoms with van der Waals surface area (Å²) < 4.78 is 6.75. The molecule has 31 heavy (non-hydrogen) atoms. The summed E-state index contributed by atoms with van der Waals surface area (Å²) in [4.78, 5) is 27.6. The molecule has 5 nitrogen and oxygen atoms in total. The van der Waals surface area contributed by atoms with Crippen molar-refractivity contribution in [3.05, 3.63) is 64.1 Å². The molecule has 2 aromatic rings. The number of carbonyl (C=O) groups excluding carboxylic acids is 2. The normalized spacial score (nSPS) is 11.8. The lowest BCUT2D eigenvalue weighted by molar-refractivity contribution is -0.142. The zero-order valence-corrected chi connectivity index (χ0v) is 20.4. The Balaban J connectivity index is 2.12. The lowest BCUT2D eigenvalue weighted by Crippen LogP contribution is -2.51. The molecule has 0 bridgehead atoms. The van der Waals surface area contributed by atoms with Crippen LogP contribution in [0.5, 0.6) is 5.75 Å². The Kier molecular flexibility index (Phi) is 10.0. The first-order valence-corrected chi connectivity index (χ1v) is 11.6. The number of hydrogen-bond donors (Lipinski definition) is 1. The minimum Gasteiger partial charge on any atom is -0.484 e. The van der Waals surface area contributed by atoms with E-state index in [1.165, 1.54) is 0 Å². The number of ether oxygens (including phenoxy) is 1. The maximum atomic E-state index is 13.1. The first-order valence-electron chi connectivity index (χ1n) is 10.8. The lowest BCUT2D eigenvalue weighted by atomic mass is 10.1. The van der Waals surface area contributed by atoms with Crippen LogP contribution >= 0.6 is 15.9 Å². The number of carbonyl (C=O) groups is 2. The third-order valence-corrected chi connectivity index (χ3v) is 5.94. The van der Waals surface area contributed by atoms with Gasteiger partial charge in [-0.2, -0.15) is 0 Å². The summed E-state index contributed by atoms with van der Waals surface area (Å²) in [7, 11) is 0. The fraction of sp³-hybridized carbons (Fsp3) is 0.440. The van der Waals surface area contributed by atoms with Crippen LogP contribution in [0.3, 0.4) is 0 Å². The van der Waals surface area contributed by atoms with E-state index in [-0.39, 0.29) is 18.4 Å². The minimum absolute atomic E-state index is 0.107. The Hall–Kier alpha value is -2.34. The van der Waals surface area contributed by atoms with Crippen LogP contribution in [0.1, 0.15) is 38.3 Å².